The molecule has 3 heteroatoms. The second-order valence-electron chi connectivity index (χ2n) is 6.17. The van der Waals surface area contributed by atoms with Crippen LogP contribution >= 0.6 is 0 Å². The molecule has 0 aliphatic heterocycles. The number of nitrogens with two attached hydrogens (primary N) is 1. The van der Waals surface area contributed by atoms with Crippen molar-refractivity contribution in [1.29, 1.82) is 0 Å². The van der Waals surface area contributed by atoms with E-state index in [4.69, 9.17) is 5.73 Å². The summed E-state index contributed by atoms with van der Waals surface area (Å²) >= 11 is 0. The molecule has 0 aromatic carbocycles. The summed E-state index contributed by atoms with van der Waals surface area (Å²) in [6, 6.07) is 0.353. The molecule has 3 nitrogen and oxygen atoms in total. The lowest BCUT2D eigenvalue weighted by Gasteiger charge is -2.29. The minimum absolute atomic E-state index is 0.270. The molecular weight excluding hydrogens is 224 g/mol. The van der Waals surface area contributed by atoms with E-state index in [0.29, 0.717) is 24.4 Å². The maximum Gasteiger partial charge on any atom is 0.223 e. The molecule has 1 amide bonds. The van der Waals surface area contributed by atoms with Crippen LogP contribution in [-0.2, 0) is 4.79 Å². The van der Waals surface area contributed by atoms with Crippen LogP contribution in [0.5, 0.6) is 0 Å². The van der Waals surface area contributed by atoms with Gasteiger partial charge in [0.15, 0.2) is 0 Å². The highest BCUT2D eigenvalue weighted by atomic mass is 16.1. The van der Waals surface area contributed by atoms with E-state index in [0.717, 1.165) is 25.2 Å². The van der Waals surface area contributed by atoms with E-state index in [-0.39, 0.29) is 5.92 Å². The zero-order valence-corrected chi connectivity index (χ0v) is 11.7. The van der Waals surface area contributed by atoms with Gasteiger partial charge in [-0.1, -0.05) is 19.8 Å². The maximum absolute atomic E-state index is 12.3. The predicted molar refractivity (Wildman–Crippen MR) is 74.1 cm³/mol. The van der Waals surface area contributed by atoms with Gasteiger partial charge in [0, 0.05) is 12.0 Å². The molecule has 0 spiro atoms. The fraction of sp³-hybridized carbons (Fsp3) is 0.933. The molecule has 104 valence electrons. The Morgan fingerprint density at radius 3 is 2.50 bits per heavy atom. The molecule has 2 atom stereocenters. The number of carbonyl (C=O) groups excluding carboxylic acids is 1. The van der Waals surface area contributed by atoms with Crippen molar-refractivity contribution in [3.05, 3.63) is 0 Å². The van der Waals surface area contributed by atoms with Crippen LogP contribution in [0.15, 0.2) is 0 Å². The first kappa shape index (κ1) is 13.9. The summed E-state index contributed by atoms with van der Waals surface area (Å²) in [5.41, 5.74) is 5.76. The number of hydrogen-bond acceptors (Lipinski definition) is 2. The van der Waals surface area contributed by atoms with Crippen LogP contribution in [0.1, 0.15) is 58.3 Å². The van der Waals surface area contributed by atoms with Crippen molar-refractivity contribution in [2.75, 3.05) is 6.54 Å². The third-order valence-corrected chi connectivity index (χ3v) is 5.08. The highest BCUT2D eigenvalue weighted by molar-refractivity contribution is 5.79. The Labute approximate surface area is 111 Å². The summed E-state index contributed by atoms with van der Waals surface area (Å²) in [5, 5.41) is 3.26. The smallest absolute Gasteiger partial charge is 0.223 e. The Kier molecular flexibility index (Phi) is 5.04. The third kappa shape index (κ3) is 3.25. The summed E-state index contributed by atoms with van der Waals surface area (Å²) in [4.78, 5) is 12.3. The van der Waals surface area contributed by atoms with Crippen molar-refractivity contribution >= 4 is 5.91 Å². The van der Waals surface area contributed by atoms with Gasteiger partial charge in [-0.15, -0.1) is 0 Å². The second-order valence-corrected chi connectivity index (χ2v) is 6.17. The molecule has 0 aromatic heterocycles. The molecule has 0 aromatic rings. The van der Waals surface area contributed by atoms with Crippen LogP contribution in [0, 0.1) is 17.8 Å². The number of carbonyl (C=O) groups is 1. The van der Waals surface area contributed by atoms with Crippen molar-refractivity contribution in [2.24, 2.45) is 23.5 Å². The van der Waals surface area contributed by atoms with Crippen LogP contribution < -0.4 is 11.1 Å². The zero-order chi connectivity index (χ0) is 13.0. The Hall–Kier alpha value is -0.570. The van der Waals surface area contributed by atoms with E-state index in [1.54, 1.807) is 0 Å². The Bertz CT molecular complexity index is 272. The first-order chi connectivity index (χ1) is 8.74. The summed E-state index contributed by atoms with van der Waals surface area (Å²) < 4.78 is 0. The van der Waals surface area contributed by atoms with Crippen LogP contribution in [0.2, 0.25) is 0 Å². The van der Waals surface area contributed by atoms with Crippen molar-refractivity contribution in [3.8, 4) is 0 Å². The van der Waals surface area contributed by atoms with E-state index in [9.17, 15) is 4.79 Å². The van der Waals surface area contributed by atoms with E-state index < -0.39 is 0 Å². The summed E-state index contributed by atoms with van der Waals surface area (Å²) in [5.74, 6) is 1.94. The molecule has 2 aliphatic rings. The average Bonchev–Trinajstić information content (AvgIpc) is 2.86. The van der Waals surface area contributed by atoms with Gasteiger partial charge >= 0.3 is 0 Å². The van der Waals surface area contributed by atoms with Crippen LogP contribution in [-0.4, -0.2) is 18.5 Å². The highest BCUT2D eigenvalue weighted by Crippen LogP contribution is 2.31. The molecule has 2 unspecified atom stereocenters. The van der Waals surface area contributed by atoms with E-state index >= 15 is 0 Å². The normalized spacial score (nSPS) is 36.6. The van der Waals surface area contributed by atoms with Gasteiger partial charge in [0.2, 0.25) is 5.91 Å². The fourth-order valence-electron chi connectivity index (χ4n) is 3.64. The molecule has 18 heavy (non-hydrogen) atoms. The lowest BCUT2D eigenvalue weighted by molar-refractivity contribution is -0.127. The van der Waals surface area contributed by atoms with Gasteiger partial charge in [-0.3, -0.25) is 4.79 Å². The van der Waals surface area contributed by atoms with Crippen molar-refractivity contribution < 1.29 is 4.79 Å². The highest BCUT2D eigenvalue weighted by Gasteiger charge is 2.31. The molecular formula is C15H28N2O. The van der Waals surface area contributed by atoms with Gasteiger partial charge in [0.25, 0.3) is 0 Å². The topological polar surface area (TPSA) is 55.1 Å². The molecule has 2 saturated carbocycles. The van der Waals surface area contributed by atoms with E-state index in [2.05, 4.69) is 12.2 Å². The van der Waals surface area contributed by atoms with Crippen molar-refractivity contribution in [2.45, 2.75) is 64.3 Å². The SMILES string of the molecule is CCC1CCC(C(=O)NC2CCCC2CN)CC1. The molecule has 0 heterocycles. The molecule has 0 radical (unpaired) electrons. The largest absolute Gasteiger partial charge is 0.353 e. The number of nitrogens with one attached hydrogen (secondary N) is 1. The van der Waals surface area contributed by atoms with Gasteiger partial charge in [-0.05, 0) is 56.9 Å². The first-order valence-electron chi connectivity index (χ1n) is 7.75. The Balaban J connectivity index is 1.78. The lowest BCUT2D eigenvalue weighted by atomic mass is 9.80. The van der Waals surface area contributed by atoms with Gasteiger partial charge in [0.05, 0.1) is 0 Å². The summed E-state index contributed by atoms with van der Waals surface area (Å²) in [6.07, 6.45) is 9.44. The molecule has 2 fully saturated rings. The van der Waals surface area contributed by atoms with Gasteiger partial charge < -0.3 is 11.1 Å². The summed E-state index contributed by atoms with van der Waals surface area (Å²) in [6.45, 7) is 2.98. The second kappa shape index (κ2) is 6.55. The quantitative estimate of drug-likeness (QED) is 0.807. The van der Waals surface area contributed by atoms with E-state index in [1.165, 1.54) is 32.1 Å². The Morgan fingerprint density at radius 1 is 1.17 bits per heavy atom. The van der Waals surface area contributed by atoms with Crippen molar-refractivity contribution in [1.82, 2.24) is 5.32 Å². The number of amides is 1. The van der Waals surface area contributed by atoms with Gasteiger partial charge in [0.1, 0.15) is 0 Å². The van der Waals surface area contributed by atoms with Gasteiger partial charge in [-0.2, -0.15) is 0 Å². The molecule has 0 saturated heterocycles. The standard InChI is InChI=1S/C15H28N2O/c1-2-11-6-8-12(9-7-11)15(18)17-14-5-3-4-13(14)10-16/h11-14H,2-10,16H2,1H3,(H,17,18). The van der Waals surface area contributed by atoms with Crippen LogP contribution in [0.3, 0.4) is 0 Å². The minimum atomic E-state index is 0.270. The van der Waals surface area contributed by atoms with Crippen molar-refractivity contribution in [3.63, 3.8) is 0 Å². The monoisotopic (exact) mass is 252 g/mol. The maximum atomic E-state index is 12.3. The van der Waals surface area contributed by atoms with Crippen LogP contribution in [0.25, 0.3) is 0 Å². The lowest BCUT2D eigenvalue weighted by Crippen LogP contribution is -2.43. The molecule has 2 aliphatic carbocycles. The fourth-order valence-corrected chi connectivity index (χ4v) is 3.64. The predicted octanol–water partition coefficient (Wildman–Crippen LogP) is 2.45. The third-order valence-electron chi connectivity index (χ3n) is 5.08. The van der Waals surface area contributed by atoms with Gasteiger partial charge in [-0.25, -0.2) is 0 Å². The van der Waals surface area contributed by atoms with Crippen LogP contribution in [0.4, 0.5) is 0 Å². The molecule has 0 bridgehead atoms. The van der Waals surface area contributed by atoms with E-state index in [1.807, 2.05) is 0 Å². The number of rotatable bonds is 4. The first-order valence-corrected chi connectivity index (χ1v) is 7.75. The molecule has 2 rings (SSSR count). The summed E-state index contributed by atoms with van der Waals surface area (Å²) in [7, 11) is 0. The average molecular weight is 252 g/mol. The Morgan fingerprint density at radius 2 is 1.89 bits per heavy atom. The molecule has 3 N–H and O–H groups in total. The number of hydrogen-bond donors (Lipinski definition) is 2. The zero-order valence-electron chi connectivity index (χ0n) is 11.7. The minimum Gasteiger partial charge on any atom is -0.353 e.